The number of nitrogens with one attached hydrogen (secondary N) is 1. The predicted molar refractivity (Wildman–Crippen MR) is 164 cm³/mol. The van der Waals surface area contributed by atoms with Crippen LogP contribution in [0, 0.1) is 0 Å². The van der Waals surface area contributed by atoms with Crippen molar-refractivity contribution < 1.29 is 19.4 Å². The van der Waals surface area contributed by atoms with Crippen molar-refractivity contribution in [3.05, 3.63) is 89.1 Å². The lowest BCUT2D eigenvalue weighted by Gasteiger charge is -2.30. The number of rotatable bonds is 13. The number of hydrogen-bond donors (Lipinski definition) is 3. The fourth-order valence-corrected chi connectivity index (χ4v) is 5.09. The van der Waals surface area contributed by atoms with Gasteiger partial charge in [-0.05, 0) is 63.1 Å². The van der Waals surface area contributed by atoms with Gasteiger partial charge in [-0.1, -0.05) is 49.4 Å². The zero-order chi connectivity index (χ0) is 29.5. The van der Waals surface area contributed by atoms with E-state index in [-0.39, 0.29) is 11.6 Å². The highest BCUT2D eigenvalue weighted by molar-refractivity contribution is 6.08. The van der Waals surface area contributed by atoms with Crippen molar-refractivity contribution in [2.24, 2.45) is 5.73 Å². The molecule has 4 rings (SSSR count). The molecule has 3 aromatic carbocycles. The number of nitrogens with two attached hydrogens (primary N) is 1. The molecule has 216 valence electrons. The molecule has 0 spiro atoms. The van der Waals surface area contributed by atoms with Gasteiger partial charge in [-0.15, -0.1) is 0 Å². The second-order valence-electron chi connectivity index (χ2n) is 10.0. The van der Waals surface area contributed by atoms with E-state index in [0.29, 0.717) is 47.8 Å². The number of hydrogen-bond acceptors (Lipinski definition) is 7. The lowest BCUT2D eigenvalue weighted by atomic mass is 9.99. The Hall–Kier alpha value is -4.14. The SMILES string of the molecule is CCOc1cc2ncc(C(N)=O)c(Nc3cccc(CN(C)[C@H](C)[C@@H](O)c4ccccc4)c3CC)c2cc1OCC. The van der Waals surface area contributed by atoms with Crippen LogP contribution in [-0.4, -0.2) is 47.2 Å². The van der Waals surface area contributed by atoms with E-state index in [2.05, 4.69) is 28.2 Å². The number of pyridine rings is 1. The Morgan fingerprint density at radius 1 is 1.02 bits per heavy atom. The third kappa shape index (κ3) is 6.61. The van der Waals surface area contributed by atoms with Crippen LogP contribution in [0.5, 0.6) is 11.5 Å². The summed E-state index contributed by atoms with van der Waals surface area (Å²) in [5.41, 5.74) is 11.3. The number of aliphatic hydroxyl groups excluding tert-OH is 1. The molecule has 1 heterocycles. The third-order valence-corrected chi connectivity index (χ3v) is 7.40. The molecule has 1 amide bonds. The van der Waals surface area contributed by atoms with Crippen LogP contribution >= 0.6 is 0 Å². The first-order valence-corrected chi connectivity index (χ1v) is 14.1. The summed E-state index contributed by atoms with van der Waals surface area (Å²) in [4.78, 5) is 19.2. The van der Waals surface area contributed by atoms with Gasteiger partial charge in [-0.3, -0.25) is 14.7 Å². The van der Waals surface area contributed by atoms with Crippen molar-refractivity contribution in [3.63, 3.8) is 0 Å². The van der Waals surface area contributed by atoms with Crippen LogP contribution < -0.4 is 20.5 Å². The summed E-state index contributed by atoms with van der Waals surface area (Å²) in [6.45, 7) is 9.54. The van der Waals surface area contributed by atoms with E-state index >= 15 is 0 Å². The van der Waals surface area contributed by atoms with E-state index in [4.69, 9.17) is 15.2 Å². The fourth-order valence-electron chi connectivity index (χ4n) is 5.09. The Bertz CT molecular complexity index is 1490. The van der Waals surface area contributed by atoms with Crippen LogP contribution in [0.25, 0.3) is 10.9 Å². The molecule has 0 radical (unpaired) electrons. The fraction of sp³-hybridized carbons (Fsp3) is 0.333. The smallest absolute Gasteiger partial charge is 0.252 e. The molecule has 4 aromatic rings. The molecule has 8 nitrogen and oxygen atoms in total. The van der Waals surface area contributed by atoms with Crippen LogP contribution in [-0.2, 0) is 13.0 Å². The van der Waals surface area contributed by atoms with E-state index in [1.54, 1.807) is 0 Å². The lowest BCUT2D eigenvalue weighted by Crippen LogP contribution is -2.34. The van der Waals surface area contributed by atoms with Crippen LogP contribution in [0.15, 0.2) is 66.9 Å². The Kier molecular flexibility index (Phi) is 9.81. The van der Waals surface area contributed by atoms with Crippen LogP contribution in [0.4, 0.5) is 11.4 Å². The van der Waals surface area contributed by atoms with E-state index in [1.807, 2.05) is 82.4 Å². The number of fused-ring (bicyclic) bond motifs is 1. The van der Waals surface area contributed by atoms with Crippen molar-refractivity contribution in [1.82, 2.24) is 9.88 Å². The standard InChI is InChI=1S/C33H40N4O4/c1-6-24-23(20-37(5)21(4)32(38)22-13-10-9-11-14-22)15-12-16-27(24)36-31-25-17-29(40-7-2)30(41-8-3)18-28(25)35-19-26(31)33(34)39/h9-19,21,32,38H,6-8,20H2,1-5H3,(H2,34,39)(H,35,36)/t21-,32-/m1/s1. The van der Waals surface area contributed by atoms with Crippen LogP contribution in [0.1, 0.15) is 60.8 Å². The van der Waals surface area contributed by atoms with Gasteiger partial charge in [0.2, 0.25) is 0 Å². The second-order valence-corrected chi connectivity index (χ2v) is 10.0. The van der Waals surface area contributed by atoms with Crippen molar-refractivity contribution in [2.75, 3.05) is 25.6 Å². The molecule has 0 saturated heterocycles. The van der Waals surface area contributed by atoms with Gasteiger partial charge in [0.1, 0.15) is 0 Å². The Morgan fingerprint density at radius 2 is 1.71 bits per heavy atom. The molecule has 0 saturated carbocycles. The Labute approximate surface area is 242 Å². The van der Waals surface area contributed by atoms with E-state index in [1.165, 1.54) is 6.20 Å². The average molecular weight is 557 g/mol. The van der Waals surface area contributed by atoms with E-state index < -0.39 is 12.0 Å². The van der Waals surface area contributed by atoms with Gasteiger partial charge in [0, 0.05) is 35.9 Å². The zero-order valence-corrected chi connectivity index (χ0v) is 24.5. The zero-order valence-electron chi connectivity index (χ0n) is 24.5. The van der Waals surface area contributed by atoms with Gasteiger partial charge in [0.05, 0.1) is 36.1 Å². The summed E-state index contributed by atoms with van der Waals surface area (Å²) < 4.78 is 11.6. The quantitative estimate of drug-likeness (QED) is 0.186. The minimum absolute atomic E-state index is 0.110. The molecule has 0 bridgehead atoms. The summed E-state index contributed by atoms with van der Waals surface area (Å²) in [6, 6.07) is 19.4. The number of carbonyl (C=O) groups excluding carboxylic acids is 1. The van der Waals surface area contributed by atoms with Crippen LogP contribution in [0.3, 0.4) is 0 Å². The van der Waals surface area contributed by atoms with E-state index in [0.717, 1.165) is 28.8 Å². The number of primary amides is 1. The van der Waals surface area contributed by atoms with Crippen molar-refractivity contribution in [1.29, 1.82) is 0 Å². The summed E-state index contributed by atoms with van der Waals surface area (Å²) in [6.07, 6.45) is 1.64. The lowest BCUT2D eigenvalue weighted by molar-refractivity contribution is 0.0687. The number of nitrogens with zero attached hydrogens (tertiary/aromatic N) is 2. The monoisotopic (exact) mass is 556 g/mol. The molecule has 0 fully saturated rings. The summed E-state index contributed by atoms with van der Waals surface area (Å²) in [5, 5.41) is 15.2. The van der Waals surface area contributed by atoms with Crippen LogP contribution in [0.2, 0.25) is 0 Å². The number of anilines is 2. The van der Waals surface area contributed by atoms with Gasteiger partial charge in [-0.25, -0.2) is 0 Å². The first kappa shape index (κ1) is 29.8. The molecule has 2 atom stereocenters. The minimum Gasteiger partial charge on any atom is -0.490 e. The van der Waals surface area contributed by atoms with Crippen molar-refractivity contribution in [3.8, 4) is 11.5 Å². The molecule has 1 aromatic heterocycles. The highest BCUT2D eigenvalue weighted by Crippen LogP contribution is 2.38. The second kappa shape index (κ2) is 13.5. The third-order valence-electron chi connectivity index (χ3n) is 7.40. The van der Waals surface area contributed by atoms with Gasteiger partial charge < -0.3 is 25.6 Å². The molecule has 41 heavy (non-hydrogen) atoms. The number of aromatic nitrogens is 1. The number of likely N-dealkylation sites (N-methyl/N-ethyl adjacent to an activating group) is 1. The summed E-state index contributed by atoms with van der Waals surface area (Å²) in [7, 11) is 2.02. The summed E-state index contributed by atoms with van der Waals surface area (Å²) in [5.74, 6) is 0.593. The number of amides is 1. The maximum atomic E-state index is 12.5. The average Bonchev–Trinajstić information content (AvgIpc) is 2.97. The molecular weight excluding hydrogens is 516 g/mol. The van der Waals surface area contributed by atoms with Crippen molar-refractivity contribution in [2.45, 2.75) is 52.8 Å². The molecule has 8 heteroatoms. The molecule has 0 aliphatic rings. The molecule has 4 N–H and O–H groups in total. The molecular formula is C33H40N4O4. The molecule has 0 aliphatic heterocycles. The molecule has 0 aliphatic carbocycles. The number of ether oxygens (including phenoxy) is 2. The number of benzene rings is 3. The van der Waals surface area contributed by atoms with Gasteiger partial charge in [-0.2, -0.15) is 0 Å². The maximum absolute atomic E-state index is 12.5. The van der Waals surface area contributed by atoms with Crippen molar-refractivity contribution >= 4 is 28.2 Å². The number of carbonyl (C=O) groups is 1. The van der Waals surface area contributed by atoms with Gasteiger partial charge in [0.15, 0.2) is 11.5 Å². The largest absolute Gasteiger partial charge is 0.490 e. The first-order chi connectivity index (χ1) is 19.8. The Morgan fingerprint density at radius 3 is 2.34 bits per heavy atom. The topological polar surface area (TPSA) is 110 Å². The number of aliphatic hydroxyl groups is 1. The molecule has 0 unspecified atom stereocenters. The normalized spacial score (nSPS) is 12.8. The Balaban J connectivity index is 1.72. The van der Waals surface area contributed by atoms with Gasteiger partial charge >= 0.3 is 0 Å². The highest BCUT2D eigenvalue weighted by atomic mass is 16.5. The minimum atomic E-state index is -0.616. The maximum Gasteiger partial charge on any atom is 0.252 e. The predicted octanol–water partition coefficient (Wildman–Crippen LogP) is 5.99. The highest BCUT2D eigenvalue weighted by Gasteiger charge is 2.22. The van der Waals surface area contributed by atoms with Gasteiger partial charge in [0.25, 0.3) is 5.91 Å². The van der Waals surface area contributed by atoms with E-state index in [9.17, 15) is 9.90 Å². The first-order valence-electron chi connectivity index (χ1n) is 14.1. The summed E-state index contributed by atoms with van der Waals surface area (Å²) >= 11 is 0.